The quantitative estimate of drug-likeness (QED) is 0.265. The van der Waals surface area contributed by atoms with Gasteiger partial charge in [-0.15, -0.1) is 0 Å². The van der Waals surface area contributed by atoms with Crippen LogP contribution >= 0.6 is 15.9 Å². The predicted molar refractivity (Wildman–Crippen MR) is 152 cm³/mol. The summed E-state index contributed by atoms with van der Waals surface area (Å²) in [4.78, 5) is 28.7. The lowest BCUT2D eigenvalue weighted by Gasteiger charge is -2.31. The number of hydrogen-bond acceptors (Lipinski definition) is 3. The van der Waals surface area contributed by atoms with Crippen LogP contribution in [0, 0.1) is 11.7 Å². The van der Waals surface area contributed by atoms with Crippen molar-refractivity contribution in [2.75, 3.05) is 13.2 Å². The van der Waals surface area contributed by atoms with Gasteiger partial charge in [-0.2, -0.15) is 0 Å². The molecule has 0 aliphatic heterocycles. The Morgan fingerprint density at radius 1 is 0.947 bits per heavy atom. The monoisotopic (exact) mass is 582 g/mol. The Bertz CT molecular complexity index is 1200. The van der Waals surface area contributed by atoms with E-state index in [1.165, 1.54) is 17.0 Å². The first-order chi connectivity index (χ1) is 18.1. The molecule has 2 amide bonds. The molecule has 1 N–H and O–H groups in total. The third kappa shape index (κ3) is 8.69. The van der Waals surface area contributed by atoms with Crippen LogP contribution in [0.25, 0.3) is 0 Å². The molecule has 3 aromatic rings. The summed E-state index contributed by atoms with van der Waals surface area (Å²) in [5.41, 5.74) is 2.80. The number of halogens is 2. The number of benzene rings is 3. The Labute approximate surface area is 233 Å². The van der Waals surface area contributed by atoms with E-state index in [2.05, 4.69) is 35.1 Å². The zero-order chi connectivity index (χ0) is 27.7. The Morgan fingerprint density at radius 3 is 2.24 bits per heavy atom. The minimum Gasteiger partial charge on any atom is -0.483 e. The van der Waals surface area contributed by atoms with E-state index in [4.69, 9.17) is 4.74 Å². The maximum atomic E-state index is 13.7. The largest absolute Gasteiger partial charge is 0.483 e. The molecule has 38 heavy (non-hydrogen) atoms. The van der Waals surface area contributed by atoms with E-state index >= 15 is 0 Å². The third-order valence-electron chi connectivity index (χ3n) is 6.20. The second kappa shape index (κ2) is 14.1. The van der Waals surface area contributed by atoms with Crippen LogP contribution in [0.5, 0.6) is 5.75 Å². The molecule has 0 radical (unpaired) electrons. The average molecular weight is 584 g/mol. The summed E-state index contributed by atoms with van der Waals surface area (Å²) in [6, 6.07) is 20.6. The van der Waals surface area contributed by atoms with Gasteiger partial charge < -0.3 is 15.0 Å². The molecule has 0 bridgehead atoms. The summed E-state index contributed by atoms with van der Waals surface area (Å²) < 4.78 is 20.3. The summed E-state index contributed by atoms with van der Waals surface area (Å²) in [6.07, 6.45) is 0.338. The number of nitrogens with one attached hydrogen (secondary N) is 1. The maximum Gasteiger partial charge on any atom is 0.261 e. The summed E-state index contributed by atoms with van der Waals surface area (Å²) in [6.45, 7) is 8.64. The minimum absolute atomic E-state index is 0.141. The van der Waals surface area contributed by atoms with Crippen molar-refractivity contribution >= 4 is 27.7 Å². The van der Waals surface area contributed by atoms with Crippen molar-refractivity contribution < 1.29 is 18.7 Å². The highest BCUT2D eigenvalue weighted by Crippen LogP contribution is 2.29. The molecule has 1 atom stereocenters. The fourth-order valence-corrected chi connectivity index (χ4v) is 4.49. The zero-order valence-electron chi connectivity index (χ0n) is 22.4. The summed E-state index contributed by atoms with van der Waals surface area (Å²) in [5.74, 6) is 0.229. The van der Waals surface area contributed by atoms with E-state index in [1.54, 1.807) is 12.1 Å². The molecule has 0 spiro atoms. The highest BCUT2D eigenvalue weighted by Gasteiger charge is 2.31. The van der Waals surface area contributed by atoms with Crippen molar-refractivity contribution in [3.63, 3.8) is 0 Å². The smallest absolute Gasteiger partial charge is 0.261 e. The fraction of sp³-hybridized carbons (Fsp3) is 0.355. The highest BCUT2D eigenvalue weighted by molar-refractivity contribution is 9.10. The summed E-state index contributed by atoms with van der Waals surface area (Å²) in [7, 11) is 0. The Morgan fingerprint density at radius 2 is 1.63 bits per heavy atom. The third-order valence-corrected chi connectivity index (χ3v) is 6.82. The molecule has 0 saturated carbocycles. The van der Waals surface area contributed by atoms with Gasteiger partial charge in [-0.25, -0.2) is 4.39 Å². The van der Waals surface area contributed by atoms with Gasteiger partial charge >= 0.3 is 0 Å². The van der Waals surface area contributed by atoms with E-state index in [0.717, 1.165) is 21.2 Å². The van der Waals surface area contributed by atoms with Crippen LogP contribution in [-0.2, 0) is 22.6 Å². The van der Waals surface area contributed by atoms with Crippen LogP contribution < -0.4 is 10.1 Å². The van der Waals surface area contributed by atoms with Gasteiger partial charge in [0.2, 0.25) is 5.91 Å². The molecule has 3 aromatic carbocycles. The molecule has 3 rings (SSSR count). The maximum absolute atomic E-state index is 13.7. The van der Waals surface area contributed by atoms with Crippen LogP contribution in [0.2, 0.25) is 0 Å². The lowest BCUT2D eigenvalue weighted by Crippen LogP contribution is -2.52. The number of hydrogen-bond donors (Lipinski definition) is 1. The van der Waals surface area contributed by atoms with Crippen LogP contribution in [0.15, 0.2) is 77.3 Å². The number of carbonyl (C=O) groups excluding carboxylic acids is 2. The van der Waals surface area contributed by atoms with E-state index < -0.39 is 6.04 Å². The van der Waals surface area contributed by atoms with Crippen molar-refractivity contribution in [1.29, 1.82) is 0 Å². The first-order valence-electron chi connectivity index (χ1n) is 12.9. The van der Waals surface area contributed by atoms with Crippen LogP contribution in [-0.4, -0.2) is 35.9 Å². The van der Waals surface area contributed by atoms with Crippen LogP contribution in [0.4, 0.5) is 4.39 Å². The second-order valence-electron chi connectivity index (χ2n) is 10.1. The number of ether oxygens (including phenoxy) is 1. The van der Waals surface area contributed by atoms with Gasteiger partial charge in [0.25, 0.3) is 5.91 Å². The molecule has 0 fully saturated rings. The molecule has 7 heteroatoms. The predicted octanol–water partition coefficient (Wildman–Crippen LogP) is 6.50. The molecule has 5 nitrogen and oxygen atoms in total. The van der Waals surface area contributed by atoms with Gasteiger partial charge in [0, 0.05) is 19.5 Å². The van der Waals surface area contributed by atoms with Gasteiger partial charge in [0.05, 0.1) is 4.47 Å². The van der Waals surface area contributed by atoms with Gasteiger partial charge in [-0.1, -0.05) is 76.2 Å². The SMILES string of the molecule is CC(C)CNC(=O)C(Cc1ccccc1)N(Cc1ccc(F)cc1)C(=O)COc1ccc(C(C)C)cc1Br. The number of rotatable bonds is 12. The van der Waals surface area contributed by atoms with Crippen molar-refractivity contribution in [2.45, 2.75) is 52.6 Å². The number of nitrogens with zero attached hydrogens (tertiary/aromatic N) is 1. The normalized spacial score (nSPS) is 11.9. The molecular weight excluding hydrogens is 547 g/mol. The highest BCUT2D eigenvalue weighted by atomic mass is 79.9. The molecule has 0 aromatic heterocycles. The van der Waals surface area contributed by atoms with Gasteiger partial charge in [0.15, 0.2) is 6.61 Å². The zero-order valence-corrected chi connectivity index (χ0v) is 24.0. The average Bonchev–Trinajstić information content (AvgIpc) is 2.90. The number of carbonyl (C=O) groups is 2. The van der Waals surface area contributed by atoms with Crippen molar-refractivity contribution in [1.82, 2.24) is 10.2 Å². The molecule has 0 aliphatic rings. The van der Waals surface area contributed by atoms with E-state index in [-0.39, 0.29) is 36.7 Å². The van der Waals surface area contributed by atoms with E-state index in [1.807, 2.05) is 62.4 Å². The molecule has 0 saturated heterocycles. The second-order valence-corrected chi connectivity index (χ2v) is 11.0. The standard InChI is InChI=1S/C31H36BrFN2O3/c1-21(2)18-34-31(37)28(16-23-8-6-5-7-9-23)35(19-24-10-13-26(33)14-11-24)30(36)20-38-29-15-12-25(22(3)4)17-27(29)32/h5-15,17,21-22,28H,16,18-20H2,1-4H3,(H,34,37). The van der Waals surface area contributed by atoms with Crippen molar-refractivity contribution in [2.24, 2.45) is 5.92 Å². The molecular formula is C31H36BrFN2O3. The Hall–Kier alpha value is -3.19. The molecule has 202 valence electrons. The van der Waals surface area contributed by atoms with Crippen LogP contribution in [0.1, 0.15) is 50.3 Å². The Balaban J connectivity index is 1.89. The van der Waals surface area contributed by atoms with Crippen LogP contribution in [0.3, 0.4) is 0 Å². The molecule has 0 aliphatic carbocycles. The molecule has 1 unspecified atom stereocenters. The first kappa shape index (κ1) is 29.4. The van der Waals surface area contributed by atoms with Gasteiger partial charge in [0.1, 0.15) is 17.6 Å². The summed E-state index contributed by atoms with van der Waals surface area (Å²) in [5, 5.41) is 2.99. The van der Waals surface area contributed by atoms with E-state index in [0.29, 0.717) is 24.6 Å². The topological polar surface area (TPSA) is 58.6 Å². The minimum atomic E-state index is -0.774. The summed E-state index contributed by atoms with van der Waals surface area (Å²) >= 11 is 3.54. The van der Waals surface area contributed by atoms with Crippen molar-refractivity contribution in [3.8, 4) is 5.75 Å². The fourth-order valence-electron chi connectivity index (χ4n) is 3.98. The number of amides is 2. The molecule has 0 heterocycles. The van der Waals surface area contributed by atoms with Gasteiger partial charge in [-0.3, -0.25) is 9.59 Å². The first-order valence-corrected chi connectivity index (χ1v) is 13.7. The Kier molecular flexibility index (Phi) is 10.9. The van der Waals surface area contributed by atoms with Crippen molar-refractivity contribution in [3.05, 3.63) is 99.8 Å². The van der Waals surface area contributed by atoms with E-state index in [9.17, 15) is 14.0 Å². The lowest BCUT2D eigenvalue weighted by molar-refractivity contribution is -0.142. The lowest BCUT2D eigenvalue weighted by atomic mass is 10.0. The van der Waals surface area contributed by atoms with Gasteiger partial charge in [-0.05, 0) is 68.7 Å².